The van der Waals surface area contributed by atoms with Crippen molar-refractivity contribution >= 4 is 50.8 Å². The summed E-state index contributed by atoms with van der Waals surface area (Å²) in [6.07, 6.45) is 5.22. The molecule has 0 radical (unpaired) electrons. The summed E-state index contributed by atoms with van der Waals surface area (Å²) in [6.45, 7) is 0.203. The van der Waals surface area contributed by atoms with Crippen molar-refractivity contribution in [3.8, 4) is 5.69 Å². The average Bonchev–Trinajstić information content (AvgIpc) is 3.18. The minimum Gasteiger partial charge on any atom is -0.337 e. The van der Waals surface area contributed by atoms with Crippen LogP contribution in [0.1, 0.15) is 6.42 Å². The van der Waals surface area contributed by atoms with Gasteiger partial charge >= 0.3 is 6.03 Å². The SMILES string of the molecule is O=C(CCNC(=O)Nc1ccc(Br)cc1)Nc1ccc(-n2ccnc2)c(Cl)c1. The van der Waals surface area contributed by atoms with Crippen molar-refractivity contribution in [3.05, 3.63) is 70.7 Å². The molecule has 0 saturated carbocycles. The van der Waals surface area contributed by atoms with E-state index in [1.165, 1.54) is 0 Å². The Bertz CT molecular complexity index is 961. The molecule has 0 aliphatic rings. The second-order valence-corrected chi connectivity index (χ2v) is 7.14. The largest absolute Gasteiger partial charge is 0.337 e. The number of urea groups is 1. The predicted molar refractivity (Wildman–Crippen MR) is 113 cm³/mol. The van der Waals surface area contributed by atoms with E-state index in [0.29, 0.717) is 16.4 Å². The number of nitrogens with zero attached hydrogens (tertiary/aromatic N) is 2. The summed E-state index contributed by atoms with van der Waals surface area (Å²) in [4.78, 5) is 27.9. The molecule has 0 aliphatic heterocycles. The van der Waals surface area contributed by atoms with Crippen LogP contribution in [-0.4, -0.2) is 28.0 Å². The number of rotatable bonds is 6. The highest BCUT2D eigenvalue weighted by atomic mass is 79.9. The lowest BCUT2D eigenvalue weighted by Crippen LogP contribution is -2.31. The van der Waals surface area contributed by atoms with E-state index < -0.39 is 0 Å². The molecule has 144 valence electrons. The Kier molecular flexibility index (Phi) is 6.67. The topological polar surface area (TPSA) is 88.0 Å². The summed E-state index contributed by atoms with van der Waals surface area (Å²) in [6, 6.07) is 12.0. The van der Waals surface area contributed by atoms with Gasteiger partial charge in [-0.2, -0.15) is 0 Å². The predicted octanol–water partition coefficient (Wildman–Crippen LogP) is 4.44. The second kappa shape index (κ2) is 9.38. The lowest BCUT2D eigenvalue weighted by atomic mass is 10.2. The highest BCUT2D eigenvalue weighted by Crippen LogP contribution is 2.24. The number of amides is 3. The molecule has 3 aromatic rings. The molecule has 0 bridgehead atoms. The Hall–Kier alpha value is -2.84. The van der Waals surface area contributed by atoms with Crippen LogP contribution >= 0.6 is 27.5 Å². The number of carbonyl (C=O) groups excluding carboxylic acids is 2. The van der Waals surface area contributed by atoms with E-state index in [1.54, 1.807) is 53.6 Å². The van der Waals surface area contributed by atoms with Gasteiger partial charge in [0.05, 0.1) is 17.0 Å². The number of imidazole rings is 1. The lowest BCUT2D eigenvalue weighted by molar-refractivity contribution is -0.116. The van der Waals surface area contributed by atoms with Gasteiger partial charge in [-0.15, -0.1) is 0 Å². The van der Waals surface area contributed by atoms with Crippen molar-refractivity contribution in [1.82, 2.24) is 14.9 Å². The third-order valence-electron chi connectivity index (χ3n) is 3.75. The molecule has 1 aromatic heterocycles. The number of hydrogen-bond acceptors (Lipinski definition) is 3. The van der Waals surface area contributed by atoms with Crippen LogP contribution in [0, 0.1) is 0 Å². The monoisotopic (exact) mass is 461 g/mol. The van der Waals surface area contributed by atoms with Crippen molar-refractivity contribution < 1.29 is 9.59 Å². The molecular weight excluding hydrogens is 446 g/mol. The fraction of sp³-hybridized carbons (Fsp3) is 0.105. The summed E-state index contributed by atoms with van der Waals surface area (Å²) in [5.74, 6) is -0.226. The van der Waals surface area contributed by atoms with Crippen molar-refractivity contribution in [2.75, 3.05) is 17.2 Å². The fourth-order valence-electron chi connectivity index (χ4n) is 2.42. The number of aromatic nitrogens is 2. The van der Waals surface area contributed by atoms with Crippen molar-refractivity contribution in [2.45, 2.75) is 6.42 Å². The molecule has 7 nitrogen and oxygen atoms in total. The average molecular weight is 463 g/mol. The van der Waals surface area contributed by atoms with E-state index in [-0.39, 0.29) is 24.9 Å². The van der Waals surface area contributed by atoms with Gasteiger partial charge in [0.1, 0.15) is 0 Å². The first-order valence-corrected chi connectivity index (χ1v) is 9.56. The molecule has 0 spiro atoms. The van der Waals surface area contributed by atoms with Gasteiger partial charge < -0.3 is 20.5 Å². The van der Waals surface area contributed by atoms with Crippen LogP contribution in [0.4, 0.5) is 16.2 Å². The maximum absolute atomic E-state index is 12.1. The van der Waals surface area contributed by atoms with Crippen molar-refractivity contribution in [3.63, 3.8) is 0 Å². The first kappa shape index (κ1) is 19.9. The molecule has 3 amide bonds. The van der Waals surface area contributed by atoms with E-state index in [1.807, 2.05) is 12.1 Å². The van der Waals surface area contributed by atoms with Crippen LogP contribution in [0.3, 0.4) is 0 Å². The Morgan fingerprint density at radius 3 is 2.50 bits per heavy atom. The number of hydrogen-bond donors (Lipinski definition) is 3. The summed E-state index contributed by atoms with van der Waals surface area (Å²) in [5.41, 5.74) is 2.01. The molecule has 0 aliphatic carbocycles. The number of benzene rings is 2. The summed E-state index contributed by atoms with van der Waals surface area (Å²) >= 11 is 9.60. The summed E-state index contributed by atoms with van der Waals surface area (Å²) in [7, 11) is 0. The van der Waals surface area contributed by atoms with E-state index in [2.05, 4.69) is 36.9 Å². The van der Waals surface area contributed by atoms with Gasteiger partial charge in [0.25, 0.3) is 0 Å². The number of carbonyl (C=O) groups is 2. The summed E-state index contributed by atoms with van der Waals surface area (Å²) < 4.78 is 2.70. The maximum atomic E-state index is 12.1. The van der Waals surface area contributed by atoms with Crippen LogP contribution in [0.15, 0.2) is 65.7 Å². The van der Waals surface area contributed by atoms with Crippen molar-refractivity contribution in [1.29, 1.82) is 0 Å². The number of anilines is 2. The van der Waals surface area contributed by atoms with Crippen LogP contribution in [0.5, 0.6) is 0 Å². The zero-order valence-electron chi connectivity index (χ0n) is 14.7. The van der Waals surface area contributed by atoms with Gasteiger partial charge in [0.2, 0.25) is 5.91 Å². The van der Waals surface area contributed by atoms with E-state index in [0.717, 1.165) is 10.2 Å². The van der Waals surface area contributed by atoms with Gasteiger partial charge in [-0.25, -0.2) is 9.78 Å². The fourth-order valence-corrected chi connectivity index (χ4v) is 2.96. The lowest BCUT2D eigenvalue weighted by Gasteiger charge is -2.10. The highest BCUT2D eigenvalue weighted by molar-refractivity contribution is 9.10. The van der Waals surface area contributed by atoms with E-state index in [9.17, 15) is 9.59 Å². The minimum atomic E-state index is -0.372. The van der Waals surface area contributed by atoms with E-state index in [4.69, 9.17) is 11.6 Å². The molecule has 3 rings (SSSR count). The Balaban J connectivity index is 1.44. The maximum Gasteiger partial charge on any atom is 0.319 e. The zero-order chi connectivity index (χ0) is 19.9. The molecule has 0 unspecified atom stereocenters. The standard InChI is InChI=1S/C19H17BrClN5O2/c20-13-1-3-14(4-2-13)25-19(28)23-8-7-18(27)24-15-5-6-17(16(21)11-15)26-10-9-22-12-26/h1-6,9-12H,7-8H2,(H,24,27)(H2,23,25,28). The number of nitrogens with one attached hydrogen (secondary N) is 3. The molecule has 3 N–H and O–H groups in total. The minimum absolute atomic E-state index is 0.134. The summed E-state index contributed by atoms with van der Waals surface area (Å²) in [5, 5.41) is 8.58. The van der Waals surface area contributed by atoms with E-state index >= 15 is 0 Å². The van der Waals surface area contributed by atoms with Crippen LogP contribution < -0.4 is 16.0 Å². The molecule has 28 heavy (non-hydrogen) atoms. The van der Waals surface area contributed by atoms with Gasteiger partial charge in [0.15, 0.2) is 0 Å². The van der Waals surface area contributed by atoms with Gasteiger partial charge in [-0.3, -0.25) is 4.79 Å². The van der Waals surface area contributed by atoms with Gasteiger partial charge in [0, 0.05) is 41.2 Å². The Morgan fingerprint density at radius 1 is 1.07 bits per heavy atom. The Labute approximate surface area is 175 Å². The quantitative estimate of drug-likeness (QED) is 0.506. The molecule has 1 heterocycles. The molecule has 2 aromatic carbocycles. The molecular formula is C19H17BrClN5O2. The first-order valence-electron chi connectivity index (χ1n) is 8.39. The second-order valence-electron chi connectivity index (χ2n) is 5.82. The van der Waals surface area contributed by atoms with Crippen LogP contribution in [0.25, 0.3) is 5.69 Å². The molecule has 9 heteroatoms. The van der Waals surface area contributed by atoms with Gasteiger partial charge in [-0.05, 0) is 42.5 Å². The smallest absolute Gasteiger partial charge is 0.319 e. The third kappa shape index (κ3) is 5.58. The molecule has 0 saturated heterocycles. The molecule has 0 atom stereocenters. The Morgan fingerprint density at radius 2 is 1.82 bits per heavy atom. The molecule has 0 fully saturated rings. The third-order valence-corrected chi connectivity index (χ3v) is 4.59. The van der Waals surface area contributed by atoms with Gasteiger partial charge in [-0.1, -0.05) is 27.5 Å². The normalized spacial score (nSPS) is 10.4. The number of halogens is 2. The first-order chi connectivity index (χ1) is 13.5. The van der Waals surface area contributed by atoms with Crippen LogP contribution in [0.2, 0.25) is 5.02 Å². The highest BCUT2D eigenvalue weighted by Gasteiger charge is 2.08. The van der Waals surface area contributed by atoms with Crippen molar-refractivity contribution in [2.24, 2.45) is 0 Å². The zero-order valence-corrected chi connectivity index (χ0v) is 17.0. The van der Waals surface area contributed by atoms with Crippen LogP contribution in [-0.2, 0) is 4.79 Å².